The molecular formula is C18H22N4O3S. The fourth-order valence-corrected chi connectivity index (χ4v) is 3.96. The van der Waals surface area contributed by atoms with E-state index < -0.39 is 6.10 Å². The Morgan fingerprint density at radius 2 is 2.04 bits per heavy atom. The second kappa shape index (κ2) is 7.82. The van der Waals surface area contributed by atoms with Gasteiger partial charge in [0.2, 0.25) is 11.0 Å². The molecule has 0 saturated heterocycles. The zero-order valence-electron chi connectivity index (χ0n) is 15.1. The van der Waals surface area contributed by atoms with Gasteiger partial charge in [0.25, 0.3) is 5.91 Å². The quantitative estimate of drug-likeness (QED) is 0.869. The molecule has 0 bridgehead atoms. The van der Waals surface area contributed by atoms with Crippen molar-refractivity contribution in [2.75, 3.05) is 16.8 Å². The molecule has 1 N–H and O–H groups in total. The van der Waals surface area contributed by atoms with Gasteiger partial charge in [0.05, 0.1) is 12.2 Å². The van der Waals surface area contributed by atoms with E-state index in [2.05, 4.69) is 29.4 Å². The first-order valence-corrected chi connectivity index (χ1v) is 9.53. The molecule has 2 aromatic rings. The summed E-state index contributed by atoms with van der Waals surface area (Å²) in [5, 5.41) is 12.4. The zero-order chi connectivity index (χ0) is 18.7. The molecule has 26 heavy (non-hydrogen) atoms. The first-order valence-electron chi connectivity index (χ1n) is 8.71. The molecule has 138 valence electrons. The first-order chi connectivity index (χ1) is 12.5. The van der Waals surface area contributed by atoms with Gasteiger partial charge in [0, 0.05) is 12.8 Å². The van der Waals surface area contributed by atoms with Crippen LogP contribution in [0.5, 0.6) is 5.75 Å². The predicted octanol–water partition coefficient (Wildman–Crippen LogP) is 3.19. The molecule has 0 saturated carbocycles. The Morgan fingerprint density at radius 1 is 1.31 bits per heavy atom. The number of carbonyl (C=O) groups excluding carboxylic acids is 2. The smallest absolute Gasteiger partial charge is 0.269 e. The van der Waals surface area contributed by atoms with Crippen LogP contribution in [0.4, 0.5) is 10.8 Å². The lowest BCUT2D eigenvalue weighted by Gasteiger charge is -2.33. The van der Waals surface area contributed by atoms with Gasteiger partial charge >= 0.3 is 0 Å². The highest BCUT2D eigenvalue weighted by molar-refractivity contribution is 7.15. The van der Waals surface area contributed by atoms with Gasteiger partial charge in [-0.05, 0) is 25.0 Å². The van der Waals surface area contributed by atoms with Crippen LogP contribution in [0, 0.1) is 0 Å². The first kappa shape index (κ1) is 18.3. The molecular weight excluding hydrogens is 352 g/mol. The molecule has 1 unspecified atom stereocenters. The molecule has 1 atom stereocenters. The number of anilines is 2. The van der Waals surface area contributed by atoms with E-state index >= 15 is 0 Å². The third kappa shape index (κ3) is 3.70. The molecule has 7 nitrogen and oxygen atoms in total. The van der Waals surface area contributed by atoms with E-state index in [1.54, 1.807) is 17.0 Å². The summed E-state index contributed by atoms with van der Waals surface area (Å²) in [7, 11) is 0. The minimum atomic E-state index is -0.797. The Hall–Kier alpha value is -2.48. The Balaban J connectivity index is 1.74. The van der Waals surface area contributed by atoms with Crippen LogP contribution in [0.2, 0.25) is 0 Å². The zero-order valence-corrected chi connectivity index (χ0v) is 15.9. The summed E-state index contributed by atoms with van der Waals surface area (Å²) in [6.45, 7) is 5.86. The molecule has 1 aromatic heterocycles. The molecule has 1 aliphatic rings. The van der Waals surface area contributed by atoms with Crippen molar-refractivity contribution in [2.24, 2.45) is 0 Å². The monoisotopic (exact) mass is 374 g/mol. The average molecular weight is 374 g/mol. The Bertz CT molecular complexity index is 803. The maximum Gasteiger partial charge on any atom is 0.269 e. The van der Waals surface area contributed by atoms with E-state index in [-0.39, 0.29) is 18.4 Å². The number of hydrogen-bond acceptors (Lipinski definition) is 6. The van der Waals surface area contributed by atoms with Crippen LogP contribution in [0.25, 0.3) is 0 Å². The molecule has 8 heteroatoms. The lowest BCUT2D eigenvalue weighted by atomic mass is 10.1. The second-order valence-corrected chi connectivity index (χ2v) is 7.16. The maximum absolute atomic E-state index is 12.6. The lowest BCUT2D eigenvalue weighted by molar-refractivity contribution is -0.123. The van der Waals surface area contributed by atoms with Crippen molar-refractivity contribution in [1.29, 1.82) is 0 Å². The normalized spacial score (nSPS) is 16.2. The minimum Gasteiger partial charge on any atom is -0.476 e. The summed E-state index contributed by atoms with van der Waals surface area (Å²) in [6, 6.07) is 7.20. The van der Waals surface area contributed by atoms with E-state index in [1.165, 1.54) is 18.3 Å². The van der Waals surface area contributed by atoms with Crippen molar-refractivity contribution in [2.45, 2.75) is 45.6 Å². The number of ether oxygens (including phenoxy) is 1. The van der Waals surface area contributed by atoms with Crippen molar-refractivity contribution < 1.29 is 14.3 Å². The third-order valence-corrected chi connectivity index (χ3v) is 5.45. The fraction of sp³-hybridized carbons (Fsp3) is 0.444. The Morgan fingerprint density at radius 3 is 2.73 bits per heavy atom. The van der Waals surface area contributed by atoms with Crippen LogP contribution >= 0.6 is 11.3 Å². The number of nitrogens with one attached hydrogen (secondary N) is 1. The van der Waals surface area contributed by atoms with Gasteiger partial charge in [0.15, 0.2) is 6.10 Å². The predicted molar refractivity (Wildman–Crippen MR) is 101 cm³/mol. The van der Waals surface area contributed by atoms with Gasteiger partial charge < -0.3 is 9.64 Å². The summed E-state index contributed by atoms with van der Waals surface area (Å²) in [5.74, 6) is 0.400. The summed E-state index contributed by atoms with van der Waals surface area (Å²) >= 11 is 1.38. The van der Waals surface area contributed by atoms with Crippen LogP contribution in [0.1, 0.15) is 44.5 Å². The lowest BCUT2D eigenvalue weighted by Crippen LogP contribution is -2.48. The van der Waals surface area contributed by atoms with E-state index in [0.717, 1.165) is 17.8 Å². The molecule has 1 aromatic carbocycles. The van der Waals surface area contributed by atoms with Gasteiger partial charge in [-0.1, -0.05) is 37.3 Å². The molecule has 3 rings (SSSR count). The molecule has 0 fully saturated rings. The Kier molecular flexibility index (Phi) is 5.51. The van der Waals surface area contributed by atoms with Crippen LogP contribution in [-0.2, 0) is 9.59 Å². The number of benzene rings is 1. The van der Waals surface area contributed by atoms with Crippen molar-refractivity contribution in [1.82, 2.24) is 10.2 Å². The van der Waals surface area contributed by atoms with Gasteiger partial charge in [-0.2, -0.15) is 0 Å². The van der Waals surface area contributed by atoms with Gasteiger partial charge in [-0.3, -0.25) is 14.9 Å². The van der Waals surface area contributed by atoms with Crippen LogP contribution in [0.3, 0.4) is 0 Å². The molecule has 2 heterocycles. The average Bonchev–Trinajstić information content (AvgIpc) is 3.09. The molecule has 2 amide bonds. The van der Waals surface area contributed by atoms with E-state index in [9.17, 15) is 9.59 Å². The number of hydrogen-bond donors (Lipinski definition) is 1. The van der Waals surface area contributed by atoms with Gasteiger partial charge in [-0.15, -0.1) is 10.2 Å². The minimum absolute atomic E-state index is 0.134. The molecule has 1 aliphatic heterocycles. The van der Waals surface area contributed by atoms with Crippen molar-refractivity contribution in [3.05, 3.63) is 29.3 Å². The van der Waals surface area contributed by atoms with Gasteiger partial charge in [0.1, 0.15) is 10.8 Å². The fourth-order valence-electron chi connectivity index (χ4n) is 2.94. The summed E-state index contributed by atoms with van der Waals surface area (Å²) in [5.41, 5.74) is 0.677. The standard InChI is InChI=1S/C18H22N4O3S/c1-4-12(5-2)17-20-21-18(26-17)19-16(24)15-10-22(11(3)23)13-8-6-7-9-14(13)25-15/h6-9,12,15H,4-5,10H2,1-3H3,(H,19,21,24). The number of fused-ring (bicyclic) bond motifs is 1. The van der Waals surface area contributed by atoms with Crippen LogP contribution in [-0.4, -0.2) is 34.7 Å². The molecule has 0 spiro atoms. The highest BCUT2D eigenvalue weighted by Gasteiger charge is 2.33. The number of nitrogens with zero attached hydrogens (tertiary/aromatic N) is 3. The number of rotatable bonds is 5. The topological polar surface area (TPSA) is 84.4 Å². The number of para-hydroxylation sites is 2. The number of carbonyl (C=O) groups is 2. The van der Waals surface area contributed by atoms with Gasteiger partial charge in [-0.25, -0.2) is 0 Å². The summed E-state index contributed by atoms with van der Waals surface area (Å²) < 4.78 is 5.79. The number of amides is 2. The van der Waals surface area contributed by atoms with Crippen molar-refractivity contribution in [3.8, 4) is 5.75 Å². The highest BCUT2D eigenvalue weighted by Crippen LogP contribution is 2.34. The summed E-state index contributed by atoms with van der Waals surface area (Å²) in [4.78, 5) is 26.1. The largest absolute Gasteiger partial charge is 0.476 e. The SMILES string of the molecule is CCC(CC)c1nnc(NC(=O)C2CN(C(C)=O)c3ccccc3O2)s1. The van der Waals surface area contributed by atoms with Crippen molar-refractivity contribution in [3.63, 3.8) is 0 Å². The van der Waals surface area contributed by atoms with Crippen LogP contribution < -0.4 is 15.0 Å². The van der Waals surface area contributed by atoms with E-state index in [1.807, 2.05) is 12.1 Å². The summed E-state index contributed by atoms with van der Waals surface area (Å²) in [6.07, 6.45) is 1.17. The number of aromatic nitrogens is 2. The van der Waals surface area contributed by atoms with E-state index in [0.29, 0.717) is 22.5 Å². The maximum atomic E-state index is 12.6. The molecule has 0 aliphatic carbocycles. The molecule has 0 radical (unpaired) electrons. The second-order valence-electron chi connectivity index (χ2n) is 6.15. The van der Waals surface area contributed by atoms with Crippen LogP contribution in [0.15, 0.2) is 24.3 Å². The van der Waals surface area contributed by atoms with Crippen molar-refractivity contribution >= 4 is 34.0 Å². The van der Waals surface area contributed by atoms with E-state index in [4.69, 9.17) is 4.74 Å². The third-order valence-electron chi connectivity index (χ3n) is 4.45. The Labute approximate surface area is 156 Å². The highest BCUT2D eigenvalue weighted by atomic mass is 32.1.